The molecule has 0 bridgehead atoms. The molecule has 0 aliphatic heterocycles. The second-order valence-electron chi connectivity index (χ2n) is 7.00. The number of sulfonamides is 1. The van der Waals surface area contributed by atoms with Crippen molar-refractivity contribution >= 4 is 33.2 Å². The number of hydrogen-bond acceptors (Lipinski definition) is 3. The Labute approximate surface area is 179 Å². The Bertz CT molecular complexity index is 928. The van der Waals surface area contributed by atoms with Gasteiger partial charge < -0.3 is 5.32 Å². The maximum absolute atomic E-state index is 12.3. The molecule has 7 heteroatoms. The van der Waals surface area contributed by atoms with Gasteiger partial charge in [0, 0.05) is 24.5 Å². The van der Waals surface area contributed by atoms with Crippen LogP contribution in [0.4, 0.5) is 5.69 Å². The van der Waals surface area contributed by atoms with Crippen LogP contribution in [0.25, 0.3) is 0 Å². The fraction of sp³-hybridized carbons (Fsp3) is 0.409. The lowest BCUT2D eigenvalue weighted by Crippen LogP contribution is -2.32. The van der Waals surface area contributed by atoms with E-state index in [4.69, 9.17) is 11.6 Å². The van der Waals surface area contributed by atoms with Gasteiger partial charge in [-0.15, -0.1) is 0 Å². The number of benzene rings is 2. The van der Waals surface area contributed by atoms with Gasteiger partial charge >= 0.3 is 0 Å². The van der Waals surface area contributed by atoms with E-state index in [2.05, 4.69) is 37.4 Å². The van der Waals surface area contributed by atoms with E-state index in [0.29, 0.717) is 23.7 Å². The molecule has 2 rings (SSSR count). The average molecular weight is 437 g/mol. The molecule has 0 aliphatic rings. The van der Waals surface area contributed by atoms with Crippen LogP contribution in [0.2, 0.25) is 5.02 Å². The molecule has 0 heterocycles. The topological polar surface area (TPSA) is 66.5 Å². The summed E-state index contributed by atoms with van der Waals surface area (Å²) in [5, 5.41) is 3.50. The van der Waals surface area contributed by atoms with Gasteiger partial charge in [-0.05, 0) is 60.2 Å². The Kier molecular flexibility index (Phi) is 8.53. The molecular weight excluding hydrogens is 408 g/mol. The van der Waals surface area contributed by atoms with Crippen molar-refractivity contribution in [1.29, 1.82) is 0 Å². The van der Waals surface area contributed by atoms with Crippen molar-refractivity contribution in [3.05, 3.63) is 64.2 Å². The lowest BCUT2D eigenvalue weighted by Gasteiger charge is -2.22. The highest BCUT2D eigenvalue weighted by molar-refractivity contribution is 7.92. The van der Waals surface area contributed by atoms with Gasteiger partial charge in [0.15, 0.2) is 0 Å². The minimum atomic E-state index is -3.44. The van der Waals surface area contributed by atoms with Crippen molar-refractivity contribution < 1.29 is 13.2 Å². The molecule has 0 saturated carbocycles. The Balaban J connectivity index is 1.92. The summed E-state index contributed by atoms with van der Waals surface area (Å²) in [6.07, 6.45) is 3.72. The van der Waals surface area contributed by atoms with Crippen molar-refractivity contribution in [2.75, 3.05) is 17.1 Å². The van der Waals surface area contributed by atoms with Gasteiger partial charge in [-0.1, -0.05) is 43.6 Å². The summed E-state index contributed by atoms with van der Waals surface area (Å²) in [7, 11) is -3.44. The zero-order valence-corrected chi connectivity index (χ0v) is 18.8. The summed E-state index contributed by atoms with van der Waals surface area (Å²) in [4.78, 5) is 12.3. The highest BCUT2D eigenvalue weighted by atomic mass is 35.5. The summed E-state index contributed by atoms with van der Waals surface area (Å²) in [6, 6.07) is 13.0. The van der Waals surface area contributed by atoms with Gasteiger partial charge in [-0.3, -0.25) is 9.10 Å². The highest BCUT2D eigenvalue weighted by Crippen LogP contribution is 2.21. The van der Waals surface area contributed by atoms with Crippen LogP contribution in [0.3, 0.4) is 0 Å². The standard InChI is InChI=1S/C22H29ClN2O3S/c1-4-17-8-9-18(5-2)19(15-17)16-24-22(26)7-6-14-25(29(3,27)28)21-12-10-20(23)11-13-21/h8-13,15H,4-7,14,16H2,1-3H3,(H,24,26). The molecule has 29 heavy (non-hydrogen) atoms. The molecule has 0 saturated heterocycles. The number of nitrogens with one attached hydrogen (secondary N) is 1. The number of anilines is 1. The van der Waals surface area contributed by atoms with Crippen LogP contribution in [-0.4, -0.2) is 27.1 Å². The Morgan fingerprint density at radius 2 is 1.72 bits per heavy atom. The van der Waals surface area contributed by atoms with Crippen LogP contribution < -0.4 is 9.62 Å². The zero-order chi connectivity index (χ0) is 21.4. The molecule has 0 unspecified atom stereocenters. The molecule has 5 nitrogen and oxygen atoms in total. The van der Waals surface area contributed by atoms with Gasteiger partial charge in [0.05, 0.1) is 11.9 Å². The van der Waals surface area contributed by atoms with Crippen molar-refractivity contribution in [1.82, 2.24) is 5.32 Å². The van der Waals surface area contributed by atoms with Crippen LogP contribution in [0.5, 0.6) is 0 Å². The lowest BCUT2D eigenvalue weighted by atomic mass is 10.0. The molecule has 1 amide bonds. The molecule has 0 aliphatic carbocycles. The molecule has 0 radical (unpaired) electrons. The Hall–Kier alpha value is -2.05. The lowest BCUT2D eigenvalue weighted by molar-refractivity contribution is -0.121. The number of carbonyl (C=O) groups excluding carboxylic acids is 1. The van der Waals surface area contributed by atoms with Crippen molar-refractivity contribution in [2.24, 2.45) is 0 Å². The first kappa shape index (κ1) is 23.2. The SMILES string of the molecule is CCc1ccc(CC)c(CNC(=O)CCCN(c2ccc(Cl)cc2)S(C)(=O)=O)c1. The number of aryl methyl sites for hydroxylation is 2. The quantitative estimate of drug-likeness (QED) is 0.602. The predicted molar refractivity (Wildman–Crippen MR) is 120 cm³/mol. The van der Waals surface area contributed by atoms with E-state index >= 15 is 0 Å². The number of hydrogen-bond donors (Lipinski definition) is 1. The molecule has 0 fully saturated rings. The van der Waals surface area contributed by atoms with Crippen LogP contribution in [0.1, 0.15) is 43.4 Å². The minimum Gasteiger partial charge on any atom is -0.352 e. The number of halogens is 1. The van der Waals surface area contributed by atoms with Gasteiger partial charge in [0.2, 0.25) is 15.9 Å². The first-order valence-electron chi connectivity index (χ1n) is 9.85. The van der Waals surface area contributed by atoms with Crippen molar-refractivity contribution in [3.8, 4) is 0 Å². The monoisotopic (exact) mass is 436 g/mol. The molecule has 2 aromatic rings. The molecule has 0 aromatic heterocycles. The van der Waals surface area contributed by atoms with E-state index in [1.54, 1.807) is 24.3 Å². The van der Waals surface area contributed by atoms with E-state index in [1.807, 2.05) is 0 Å². The first-order chi connectivity index (χ1) is 13.7. The fourth-order valence-electron chi connectivity index (χ4n) is 3.17. The first-order valence-corrected chi connectivity index (χ1v) is 12.1. The second-order valence-corrected chi connectivity index (χ2v) is 9.35. The molecular formula is C22H29ClN2O3S. The number of amides is 1. The van der Waals surface area contributed by atoms with Crippen molar-refractivity contribution in [2.45, 2.75) is 46.1 Å². The molecule has 158 valence electrons. The van der Waals surface area contributed by atoms with E-state index < -0.39 is 10.0 Å². The van der Waals surface area contributed by atoms with E-state index in [1.165, 1.54) is 15.4 Å². The fourth-order valence-corrected chi connectivity index (χ4v) is 4.26. The van der Waals surface area contributed by atoms with Gasteiger partial charge in [0.1, 0.15) is 0 Å². The third kappa shape index (κ3) is 7.05. The molecule has 1 N–H and O–H groups in total. The van der Waals surface area contributed by atoms with E-state index in [9.17, 15) is 13.2 Å². The second kappa shape index (κ2) is 10.6. The number of rotatable bonds is 10. The van der Waals surface area contributed by atoms with E-state index in [-0.39, 0.29) is 18.9 Å². The largest absolute Gasteiger partial charge is 0.352 e. The molecule has 2 aromatic carbocycles. The summed E-state index contributed by atoms with van der Waals surface area (Å²) in [6.45, 7) is 4.93. The third-order valence-electron chi connectivity index (χ3n) is 4.82. The summed E-state index contributed by atoms with van der Waals surface area (Å²) in [5.41, 5.74) is 4.16. The summed E-state index contributed by atoms with van der Waals surface area (Å²) < 4.78 is 25.6. The predicted octanol–water partition coefficient (Wildman–Crippen LogP) is 4.33. The normalized spacial score (nSPS) is 11.3. The number of carbonyl (C=O) groups is 1. The van der Waals surface area contributed by atoms with Gasteiger partial charge in [-0.25, -0.2) is 8.42 Å². The highest BCUT2D eigenvalue weighted by Gasteiger charge is 2.17. The van der Waals surface area contributed by atoms with Crippen LogP contribution in [0, 0.1) is 0 Å². The van der Waals surface area contributed by atoms with Crippen molar-refractivity contribution in [3.63, 3.8) is 0 Å². The summed E-state index contributed by atoms with van der Waals surface area (Å²) >= 11 is 5.88. The van der Waals surface area contributed by atoms with Gasteiger partial charge in [-0.2, -0.15) is 0 Å². The van der Waals surface area contributed by atoms with Crippen LogP contribution >= 0.6 is 11.6 Å². The molecule has 0 spiro atoms. The molecule has 0 atom stereocenters. The summed E-state index contributed by atoms with van der Waals surface area (Å²) in [5.74, 6) is -0.0847. The zero-order valence-electron chi connectivity index (χ0n) is 17.2. The minimum absolute atomic E-state index is 0.0847. The Morgan fingerprint density at radius 1 is 1.03 bits per heavy atom. The smallest absolute Gasteiger partial charge is 0.232 e. The van der Waals surface area contributed by atoms with Gasteiger partial charge in [0.25, 0.3) is 0 Å². The average Bonchev–Trinajstić information content (AvgIpc) is 2.69. The Morgan fingerprint density at radius 3 is 2.31 bits per heavy atom. The maximum Gasteiger partial charge on any atom is 0.232 e. The van der Waals surface area contributed by atoms with Crippen LogP contribution in [-0.2, 0) is 34.2 Å². The van der Waals surface area contributed by atoms with Crippen LogP contribution in [0.15, 0.2) is 42.5 Å². The maximum atomic E-state index is 12.3. The number of nitrogens with zero attached hydrogens (tertiary/aromatic N) is 1. The van der Waals surface area contributed by atoms with E-state index in [0.717, 1.165) is 24.7 Å². The third-order valence-corrected chi connectivity index (χ3v) is 6.26.